The average Bonchev–Trinajstić information content (AvgIpc) is 2.95. The van der Waals surface area contributed by atoms with E-state index >= 15 is 0 Å². The van der Waals surface area contributed by atoms with Gasteiger partial charge in [0.15, 0.2) is 0 Å². The molecule has 1 heterocycles. The number of carbonyl (C=O) groups is 3. The molecule has 138 valence electrons. The highest BCUT2D eigenvalue weighted by molar-refractivity contribution is 6.36. The Balaban J connectivity index is 1.59. The second-order valence-electron chi connectivity index (χ2n) is 6.12. The van der Waals surface area contributed by atoms with E-state index in [1.165, 1.54) is 42.5 Å². The summed E-state index contributed by atoms with van der Waals surface area (Å²) in [5, 5.41) is 2.78. The van der Waals surface area contributed by atoms with Crippen LogP contribution in [0.4, 0.5) is 15.8 Å². The lowest BCUT2D eigenvalue weighted by Crippen LogP contribution is -2.29. The molecular formula is C21H12ClFN2O3. The Hall–Kier alpha value is -3.51. The average molecular weight is 395 g/mol. The van der Waals surface area contributed by atoms with E-state index < -0.39 is 23.5 Å². The fraction of sp³-hybridized carbons (Fsp3) is 0. The first-order valence-corrected chi connectivity index (χ1v) is 8.68. The van der Waals surface area contributed by atoms with E-state index in [1.807, 2.05) is 0 Å². The molecule has 0 saturated heterocycles. The quantitative estimate of drug-likeness (QED) is 0.663. The largest absolute Gasteiger partial charge is 0.321 e. The van der Waals surface area contributed by atoms with E-state index in [4.69, 9.17) is 11.6 Å². The van der Waals surface area contributed by atoms with Gasteiger partial charge in [0, 0.05) is 5.56 Å². The Labute approximate surface area is 164 Å². The van der Waals surface area contributed by atoms with Crippen LogP contribution >= 0.6 is 11.6 Å². The van der Waals surface area contributed by atoms with Crippen molar-refractivity contribution in [1.29, 1.82) is 0 Å². The number of amides is 3. The summed E-state index contributed by atoms with van der Waals surface area (Å²) in [6, 6.07) is 16.1. The van der Waals surface area contributed by atoms with E-state index in [9.17, 15) is 18.8 Å². The third kappa shape index (κ3) is 3.04. The van der Waals surface area contributed by atoms with E-state index in [-0.39, 0.29) is 10.6 Å². The normalized spacial score (nSPS) is 12.9. The zero-order valence-electron chi connectivity index (χ0n) is 14.3. The molecule has 3 aromatic rings. The van der Waals surface area contributed by atoms with Crippen molar-refractivity contribution in [3.63, 3.8) is 0 Å². The van der Waals surface area contributed by atoms with Crippen LogP contribution in [0.25, 0.3) is 0 Å². The van der Waals surface area contributed by atoms with Crippen molar-refractivity contribution in [2.45, 2.75) is 0 Å². The van der Waals surface area contributed by atoms with Crippen molar-refractivity contribution in [3.8, 4) is 0 Å². The van der Waals surface area contributed by atoms with Gasteiger partial charge in [0.2, 0.25) is 0 Å². The molecule has 0 aliphatic carbocycles. The van der Waals surface area contributed by atoms with Crippen LogP contribution in [0.5, 0.6) is 0 Å². The Morgan fingerprint density at radius 2 is 1.50 bits per heavy atom. The second-order valence-corrected chi connectivity index (χ2v) is 6.52. The maximum Gasteiger partial charge on any atom is 0.266 e. The predicted octanol–water partition coefficient (Wildman–Crippen LogP) is 4.53. The topological polar surface area (TPSA) is 66.5 Å². The van der Waals surface area contributed by atoms with Gasteiger partial charge in [-0.2, -0.15) is 0 Å². The summed E-state index contributed by atoms with van der Waals surface area (Å²) in [6.45, 7) is 0. The number of benzene rings is 3. The zero-order valence-corrected chi connectivity index (χ0v) is 15.0. The molecule has 3 aromatic carbocycles. The molecule has 0 spiro atoms. The molecule has 1 aliphatic heterocycles. The van der Waals surface area contributed by atoms with Gasteiger partial charge in [-0.1, -0.05) is 23.7 Å². The molecule has 0 fully saturated rings. The number of halogens is 2. The van der Waals surface area contributed by atoms with Crippen LogP contribution in [0.3, 0.4) is 0 Å². The number of carbonyl (C=O) groups excluding carboxylic acids is 3. The first-order chi connectivity index (χ1) is 13.5. The fourth-order valence-corrected chi connectivity index (χ4v) is 3.19. The highest BCUT2D eigenvalue weighted by Gasteiger charge is 2.36. The maximum atomic E-state index is 13.0. The molecule has 4 rings (SSSR count). The lowest BCUT2D eigenvalue weighted by molar-refractivity contribution is 0.0924. The maximum absolute atomic E-state index is 13.0. The van der Waals surface area contributed by atoms with Crippen molar-refractivity contribution < 1.29 is 18.8 Å². The minimum absolute atomic E-state index is 0.157. The first-order valence-electron chi connectivity index (χ1n) is 8.30. The number of nitrogens with one attached hydrogen (secondary N) is 1. The second kappa shape index (κ2) is 6.90. The molecule has 0 aromatic heterocycles. The van der Waals surface area contributed by atoms with E-state index in [1.54, 1.807) is 24.3 Å². The molecule has 28 heavy (non-hydrogen) atoms. The number of fused-ring (bicyclic) bond motifs is 1. The van der Waals surface area contributed by atoms with Gasteiger partial charge in [-0.3, -0.25) is 14.4 Å². The van der Waals surface area contributed by atoms with E-state index in [0.717, 1.165) is 4.90 Å². The van der Waals surface area contributed by atoms with Crippen LogP contribution in [0.1, 0.15) is 31.1 Å². The van der Waals surface area contributed by atoms with Crippen LogP contribution in [0, 0.1) is 5.82 Å². The number of hydrogen-bond donors (Lipinski definition) is 1. The van der Waals surface area contributed by atoms with Crippen molar-refractivity contribution in [1.82, 2.24) is 0 Å². The Morgan fingerprint density at radius 1 is 0.893 bits per heavy atom. The summed E-state index contributed by atoms with van der Waals surface area (Å²) in [5.74, 6) is -1.77. The number of anilines is 2. The molecule has 3 amide bonds. The molecule has 0 radical (unpaired) electrons. The molecule has 0 bridgehead atoms. The van der Waals surface area contributed by atoms with Crippen LogP contribution in [0.2, 0.25) is 5.02 Å². The third-order valence-corrected chi connectivity index (χ3v) is 4.67. The molecule has 0 atom stereocenters. The Bertz CT molecular complexity index is 1090. The first kappa shape index (κ1) is 17.9. The molecule has 1 aliphatic rings. The monoisotopic (exact) mass is 394 g/mol. The summed E-state index contributed by atoms with van der Waals surface area (Å²) >= 11 is 6.25. The highest BCUT2D eigenvalue weighted by Crippen LogP contribution is 2.33. The molecule has 0 saturated carbocycles. The van der Waals surface area contributed by atoms with Crippen LogP contribution < -0.4 is 10.2 Å². The lowest BCUT2D eigenvalue weighted by Gasteiger charge is -2.16. The van der Waals surface area contributed by atoms with Gasteiger partial charge >= 0.3 is 0 Å². The lowest BCUT2D eigenvalue weighted by atomic mass is 10.1. The third-order valence-electron chi connectivity index (χ3n) is 4.36. The Kier molecular flexibility index (Phi) is 4.41. The van der Waals surface area contributed by atoms with Crippen LogP contribution in [0.15, 0.2) is 66.7 Å². The van der Waals surface area contributed by atoms with Crippen molar-refractivity contribution in [2.75, 3.05) is 10.2 Å². The fourth-order valence-electron chi connectivity index (χ4n) is 2.96. The summed E-state index contributed by atoms with van der Waals surface area (Å²) in [5.41, 5.74) is 1.53. The molecular weight excluding hydrogens is 383 g/mol. The molecule has 7 heteroatoms. The highest BCUT2D eigenvalue weighted by atomic mass is 35.5. The standard InChI is InChI=1S/C21H12ClFN2O3/c22-17-11-14(25-20(27)15-3-1-2-4-16(15)21(25)28)9-10-18(17)24-19(26)12-5-7-13(23)8-6-12/h1-11H,(H,24,26). The van der Waals surface area contributed by atoms with E-state index in [2.05, 4.69) is 5.32 Å². The number of rotatable bonds is 3. The van der Waals surface area contributed by atoms with Gasteiger partial charge in [0.05, 0.1) is 27.5 Å². The Morgan fingerprint density at radius 3 is 2.07 bits per heavy atom. The number of hydrogen-bond acceptors (Lipinski definition) is 3. The SMILES string of the molecule is O=C(Nc1ccc(N2C(=O)c3ccccc3C2=O)cc1Cl)c1ccc(F)cc1. The van der Waals surface area contributed by atoms with Crippen LogP contribution in [-0.4, -0.2) is 17.7 Å². The van der Waals surface area contributed by atoms with Crippen LogP contribution in [-0.2, 0) is 0 Å². The summed E-state index contributed by atoms with van der Waals surface area (Å²) in [6.07, 6.45) is 0. The molecule has 5 nitrogen and oxygen atoms in total. The van der Waals surface area contributed by atoms with Crippen molar-refractivity contribution in [3.05, 3.63) is 94.3 Å². The predicted molar refractivity (Wildman–Crippen MR) is 103 cm³/mol. The summed E-state index contributed by atoms with van der Waals surface area (Å²) in [7, 11) is 0. The van der Waals surface area contributed by atoms with Gasteiger partial charge in [0.25, 0.3) is 17.7 Å². The zero-order chi connectivity index (χ0) is 19.8. The van der Waals surface area contributed by atoms with Gasteiger partial charge < -0.3 is 5.32 Å². The summed E-state index contributed by atoms with van der Waals surface area (Å²) in [4.78, 5) is 38.4. The van der Waals surface area contributed by atoms with E-state index in [0.29, 0.717) is 22.5 Å². The summed E-state index contributed by atoms with van der Waals surface area (Å²) < 4.78 is 13.0. The minimum Gasteiger partial charge on any atom is -0.321 e. The smallest absolute Gasteiger partial charge is 0.266 e. The van der Waals surface area contributed by atoms with Crippen molar-refractivity contribution in [2.24, 2.45) is 0 Å². The molecule has 0 unspecified atom stereocenters. The van der Waals surface area contributed by atoms with Gasteiger partial charge in [0.1, 0.15) is 5.82 Å². The number of imide groups is 1. The number of nitrogens with zero attached hydrogens (tertiary/aromatic N) is 1. The van der Waals surface area contributed by atoms with Gasteiger partial charge in [-0.05, 0) is 54.6 Å². The van der Waals surface area contributed by atoms with Crippen molar-refractivity contribution >= 4 is 40.7 Å². The minimum atomic E-state index is -0.463. The molecule has 1 N–H and O–H groups in total. The van der Waals surface area contributed by atoms with Gasteiger partial charge in [-0.15, -0.1) is 0 Å². The van der Waals surface area contributed by atoms with Gasteiger partial charge in [-0.25, -0.2) is 9.29 Å².